The van der Waals surface area contributed by atoms with Crippen LogP contribution in [0.3, 0.4) is 0 Å². The summed E-state index contributed by atoms with van der Waals surface area (Å²) in [5, 5.41) is 0.330. The smallest absolute Gasteiger partial charge is 0.261 e. The molecule has 5 rings (SSSR count). The maximum Gasteiger partial charge on any atom is 0.261 e. The monoisotopic (exact) mass is 486 g/mol. The molecular weight excluding hydrogens is 467 g/mol. The Morgan fingerprint density at radius 3 is 2.14 bits per heavy atom. The van der Waals surface area contributed by atoms with Gasteiger partial charge in [-0.25, -0.2) is 4.39 Å². The van der Waals surface area contributed by atoms with Crippen LogP contribution in [0.1, 0.15) is 53.6 Å². The summed E-state index contributed by atoms with van der Waals surface area (Å²) >= 11 is 6.23. The molecule has 1 aliphatic rings. The molecule has 0 spiro atoms. The molecule has 5 nitrogen and oxygen atoms in total. The first-order valence-corrected chi connectivity index (χ1v) is 11.4. The molecule has 35 heavy (non-hydrogen) atoms. The van der Waals surface area contributed by atoms with Crippen molar-refractivity contribution >= 4 is 29.2 Å². The van der Waals surface area contributed by atoms with Crippen LogP contribution in [0.15, 0.2) is 72.8 Å². The Balaban J connectivity index is 1.62. The summed E-state index contributed by atoms with van der Waals surface area (Å²) in [6.07, 6.45) is 0. The molecule has 4 aromatic rings. The highest BCUT2D eigenvalue weighted by Gasteiger charge is 2.36. The van der Waals surface area contributed by atoms with Gasteiger partial charge in [0.2, 0.25) is 0 Å². The van der Waals surface area contributed by atoms with E-state index in [1.54, 1.807) is 42.5 Å². The molecule has 0 unspecified atom stereocenters. The van der Waals surface area contributed by atoms with Crippen LogP contribution < -0.4 is 0 Å². The van der Waals surface area contributed by atoms with Crippen molar-refractivity contribution in [2.24, 2.45) is 0 Å². The van der Waals surface area contributed by atoms with Crippen molar-refractivity contribution in [1.82, 2.24) is 9.47 Å². The quantitative estimate of drug-likeness (QED) is 0.260. The molecule has 0 bridgehead atoms. The molecule has 1 aliphatic heterocycles. The molecule has 0 radical (unpaired) electrons. The Morgan fingerprint density at radius 1 is 0.857 bits per heavy atom. The fraction of sp³-hybridized carbons (Fsp3) is 0.107. The number of amides is 2. The van der Waals surface area contributed by atoms with Gasteiger partial charge in [-0.1, -0.05) is 35.9 Å². The van der Waals surface area contributed by atoms with Crippen LogP contribution in [0, 0.1) is 19.7 Å². The number of rotatable bonds is 5. The number of carbonyl (C=O) groups excluding carboxylic acids is 3. The van der Waals surface area contributed by atoms with Crippen LogP contribution in [-0.2, 0) is 6.54 Å². The highest BCUT2D eigenvalue weighted by molar-refractivity contribution is 6.31. The molecule has 2 amide bonds. The fourth-order valence-corrected chi connectivity index (χ4v) is 4.76. The largest absolute Gasteiger partial charge is 0.315 e. The first kappa shape index (κ1) is 22.7. The molecular formula is C28H20ClFN2O3. The number of benzene rings is 3. The Hall–Kier alpha value is -4.03. The van der Waals surface area contributed by atoms with E-state index < -0.39 is 11.6 Å². The van der Waals surface area contributed by atoms with Gasteiger partial charge >= 0.3 is 0 Å². The summed E-state index contributed by atoms with van der Waals surface area (Å²) in [6.45, 7) is 3.76. The van der Waals surface area contributed by atoms with Crippen molar-refractivity contribution in [3.05, 3.63) is 123 Å². The van der Waals surface area contributed by atoms with Crippen LogP contribution in [0.25, 0.3) is 5.69 Å². The van der Waals surface area contributed by atoms with Crippen molar-refractivity contribution in [2.75, 3.05) is 0 Å². The summed E-state index contributed by atoms with van der Waals surface area (Å²) in [5.41, 5.74) is 3.67. The highest BCUT2D eigenvalue weighted by atomic mass is 35.5. The van der Waals surface area contributed by atoms with Gasteiger partial charge in [0, 0.05) is 22.0 Å². The third kappa shape index (κ3) is 3.76. The van der Waals surface area contributed by atoms with Crippen molar-refractivity contribution in [3.63, 3.8) is 0 Å². The lowest BCUT2D eigenvalue weighted by atomic mass is 10.0. The number of nitrogens with zero attached hydrogens (tertiary/aromatic N) is 2. The maximum atomic E-state index is 14.5. The Morgan fingerprint density at radius 2 is 1.49 bits per heavy atom. The van der Waals surface area contributed by atoms with E-state index in [-0.39, 0.29) is 29.5 Å². The second-order valence-corrected chi connectivity index (χ2v) is 8.90. The van der Waals surface area contributed by atoms with E-state index in [4.69, 9.17) is 11.6 Å². The molecule has 3 aromatic carbocycles. The molecule has 0 saturated heterocycles. The maximum absolute atomic E-state index is 14.5. The standard InChI is InChI=1S/C28H20ClFN2O3/c1-16-13-17(2)32(25(16)15-31-27(34)19-7-3-4-8-20(19)28(31)35)24-12-11-18(29)14-22(24)26(33)21-9-5-6-10-23(21)30/h3-14H,15H2,1-2H3. The van der Waals surface area contributed by atoms with Gasteiger partial charge in [-0.15, -0.1) is 0 Å². The number of carbonyl (C=O) groups is 3. The number of halogens is 2. The van der Waals surface area contributed by atoms with Crippen molar-refractivity contribution in [1.29, 1.82) is 0 Å². The molecule has 7 heteroatoms. The zero-order valence-corrected chi connectivity index (χ0v) is 19.8. The van der Waals surface area contributed by atoms with Gasteiger partial charge in [-0.2, -0.15) is 0 Å². The number of fused-ring (bicyclic) bond motifs is 1. The lowest BCUT2D eigenvalue weighted by molar-refractivity contribution is 0.0639. The number of aromatic nitrogens is 1. The van der Waals surface area contributed by atoms with E-state index >= 15 is 0 Å². The van der Waals surface area contributed by atoms with Gasteiger partial charge in [-0.3, -0.25) is 19.3 Å². The molecule has 174 valence electrons. The first-order valence-electron chi connectivity index (χ1n) is 11.0. The Labute approximate surface area is 206 Å². The van der Waals surface area contributed by atoms with E-state index in [2.05, 4.69) is 0 Å². The second-order valence-electron chi connectivity index (χ2n) is 8.46. The van der Waals surface area contributed by atoms with E-state index in [9.17, 15) is 18.8 Å². The summed E-state index contributed by atoms with van der Waals surface area (Å²) in [5.74, 6) is -1.88. The van der Waals surface area contributed by atoms with Crippen molar-refractivity contribution in [3.8, 4) is 5.69 Å². The first-order chi connectivity index (χ1) is 16.8. The Bertz CT molecular complexity index is 1500. The summed E-state index contributed by atoms with van der Waals surface area (Å²) in [4.78, 5) is 40.6. The fourth-order valence-electron chi connectivity index (χ4n) is 4.59. The average molecular weight is 487 g/mol. The summed E-state index contributed by atoms with van der Waals surface area (Å²) < 4.78 is 16.3. The van der Waals surface area contributed by atoms with E-state index in [0.29, 0.717) is 27.5 Å². The minimum absolute atomic E-state index is 0.0158. The lowest BCUT2D eigenvalue weighted by Crippen LogP contribution is -2.30. The molecule has 1 aromatic heterocycles. The van der Waals surface area contributed by atoms with E-state index in [1.165, 1.54) is 29.2 Å². The van der Waals surface area contributed by atoms with Gasteiger partial charge in [-0.05, 0) is 67.9 Å². The number of aryl methyl sites for hydroxylation is 2. The minimum Gasteiger partial charge on any atom is -0.315 e. The minimum atomic E-state index is -0.630. The Kier molecular flexibility index (Phi) is 5.61. The normalized spacial score (nSPS) is 12.9. The van der Waals surface area contributed by atoms with E-state index in [0.717, 1.165) is 11.3 Å². The molecule has 0 fully saturated rings. The van der Waals surface area contributed by atoms with Crippen LogP contribution in [0.4, 0.5) is 4.39 Å². The average Bonchev–Trinajstić information content (AvgIpc) is 3.26. The SMILES string of the molecule is Cc1cc(C)n(-c2ccc(Cl)cc2C(=O)c2ccccc2F)c1CN1C(=O)c2ccccc2C1=O. The predicted octanol–water partition coefficient (Wildman–Crippen LogP) is 5.91. The van der Waals surface area contributed by atoms with Gasteiger partial charge < -0.3 is 4.57 Å². The number of hydrogen-bond acceptors (Lipinski definition) is 3. The van der Waals surface area contributed by atoms with Crippen molar-refractivity contribution < 1.29 is 18.8 Å². The molecule has 0 N–H and O–H groups in total. The summed E-state index contributed by atoms with van der Waals surface area (Å²) in [7, 11) is 0. The third-order valence-electron chi connectivity index (χ3n) is 6.25. The number of hydrogen-bond donors (Lipinski definition) is 0. The van der Waals surface area contributed by atoms with Gasteiger partial charge in [0.25, 0.3) is 11.8 Å². The molecule has 0 saturated carbocycles. The van der Waals surface area contributed by atoms with Crippen LogP contribution >= 0.6 is 11.6 Å². The third-order valence-corrected chi connectivity index (χ3v) is 6.49. The van der Waals surface area contributed by atoms with Crippen molar-refractivity contribution in [2.45, 2.75) is 20.4 Å². The molecule has 2 heterocycles. The number of ketones is 1. The predicted molar refractivity (Wildman–Crippen MR) is 131 cm³/mol. The van der Waals surface area contributed by atoms with Gasteiger partial charge in [0.1, 0.15) is 5.82 Å². The molecule has 0 aliphatic carbocycles. The second kappa shape index (κ2) is 8.64. The number of imide groups is 1. The van der Waals surface area contributed by atoms with E-state index in [1.807, 2.05) is 24.5 Å². The summed E-state index contributed by atoms with van der Waals surface area (Å²) in [6, 6.07) is 19.2. The van der Waals surface area contributed by atoms with Gasteiger partial charge in [0.05, 0.1) is 28.9 Å². The zero-order chi connectivity index (χ0) is 24.9. The zero-order valence-electron chi connectivity index (χ0n) is 19.0. The van der Waals surface area contributed by atoms with Crippen LogP contribution in [0.2, 0.25) is 5.02 Å². The molecule has 0 atom stereocenters. The van der Waals surface area contributed by atoms with Crippen LogP contribution in [-0.4, -0.2) is 27.1 Å². The van der Waals surface area contributed by atoms with Gasteiger partial charge in [0.15, 0.2) is 5.78 Å². The topological polar surface area (TPSA) is 59.4 Å². The lowest BCUT2D eigenvalue weighted by Gasteiger charge is -2.20. The highest BCUT2D eigenvalue weighted by Crippen LogP contribution is 2.31. The van der Waals surface area contributed by atoms with Crippen LogP contribution in [0.5, 0.6) is 0 Å².